The van der Waals surface area contributed by atoms with Gasteiger partial charge in [0.25, 0.3) is 0 Å². The van der Waals surface area contributed by atoms with E-state index in [1.807, 2.05) is 6.07 Å². The fourth-order valence-corrected chi connectivity index (χ4v) is 2.52. The number of methoxy groups -OCH3 is 1. The van der Waals surface area contributed by atoms with E-state index in [4.69, 9.17) is 4.74 Å². The largest absolute Gasteiger partial charge is 0.469 e. The first-order valence-corrected chi connectivity index (χ1v) is 6.64. The predicted molar refractivity (Wildman–Crippen MR) is 71.3 cm³/mol. The summed E-state index contributed by atoms with van der Waals surface area (Å²) in [7, 11) is 1.46. The second kappa shape index (κ2) is 6.55. The standard InChI is InChI=1S/C15H21NO2/c1-18-15(17)13-8-10-14(16-11-13)9-7-12-5-3-2-4-6-12/h2-6,13-14,16H,7-11H2,1H3/t13-,14+/m1/s1. The minimum absolute atomic E-state index is 0.0444. The molecule has 1 aliphatic heterocycles. The first kappa shape index (κ1) is 13.1. The SMILES string of the molecule is COC(=O)[C@@H]1CC[C@H](CCc2ccccc2)NC1. The average molecular weight is 247 g/mol. The van der Waals surface area contributed by atoms with Gasteiger partial charge in [0.2, 0.25) is 0 Å². The van der Waals surface area contributed by atoms with E-state index in [2.05, 4.69) is 29.6 Å². The van der Waals surface area contributed by atoms with E-state index in [9.17, 15) is 4.79 Å². The number of ether oxygens (including phenoxy) is 1. The molecule has 18 heavy (non-hydrogen) atoms. The Kier molecular flexibility index (Phi) is 4.76. The molecule has 3 heteroatoms. The molecule has 1 saturated heterocycles. The van der Waals surface area contributed by atoms with Crippen LogP contribution >= 0.6 is 0 Å². The van der Waals surface area contributed by atoms with Gasteiger partial charge in [0, 0.05) is 12.6 Å². The van der Waals surface area contributed by atoms with Gasteiger partial charge in [-0.2, -0.15) is 0 Å². The van der Waals surface area contributed by atoms with Gasteiger partial charge < -0.3 is 10.1 Å². The summed E-state index contributed by atoms with van der Waals surface area (Å²) < 4.78 is 4.78. The zero-order valence-electron chi connectivity index (χ0n) is 10.9. The molecule has 98 valence electrons. The van der Waals surface area contributed by atoms with Crippen molar-refractivity contribution in [1.82, 2.24) is 5.32 Å². The van der Waals surface area contributed by atoms with Gasteiger partial charge in [-0.15, -0.1) is 0 Å². The zero-order valence-corrected chi connectivity index (χ0v) is 10.9. The predicted octanol–water partition coefficient (Wildman–Crippen LogP) is 2.16. The molecule has 0 amide bonds. The highest BCUT2D eigenvalue weighted by molar-refractivity contribution is 5.72. The highest BCUT2D eigenvalue weighted by atomic mass is 16.5. The lowest BCUT2D eigenvalue weighted by atomic mass is 9.91. The number of hydrogen-bond acceptors (Lipinski definition) is 3. The molecule has 0 aromatic heterocycles. The molecule has 1 fully saturated rings. The molecule has 0 spiro atoms. The quantitative estimate of drug-likeness (QED) is 0.829. The van der Waals surface area contributed by atoms with Gasteiger partial charge in [0.05, 0.1) is 13.0 Å². The first-order chi connectivity index (χ1) is 8.79. The number of aryl methyl sites for hydroxylation is 1. The molecular formula is C15H21NO2. The van der Waals surface area contributed by atoms with Crippen molar-refractivity contribution in [1.29, 1.82) is 0 Å². The molecular weight excluding hydrogens is 226 g/mol. The molecule has 0 radical (unpaired) electrons. The van der Waals surface area contributed by atoms with Gasteiger partial charge in [0.1, 0.15) is 0 Å². The molecule has 0 bridgehead atoms. The Morgan fingerprint density at radius 1 is 1.33 bits per heavy atom. The van der Waals surface area contributed by atoms with Crippen LogP contribution in [0.15, 0.2) is 30.3 Å². The number of piperidine rings is 1. The Balaban J connectivity index is 1.72. The smallest absolute Gasteiger partial charge is 0.309 e. The Hall–Kier alpha value is -1.35. The summed E-state index contributed by atoms with van der Waals surface area (Å²) in [4.78, 5) is 11.4. The monoisotopic (exact) mass is 247 g/mol. The van der Waals surface area contributed by atoms with Gasteiger partial charge in [-0.3, -0.25) is 4.79 Å². The van der Waals surface area contributed by atoms with Gasteiger partial charge in [-0.25, -0.2) is 0 Å². The highest BCUT2D eigenvalue weighted by Gasteiger charge is 2.25. The van der Waals surface area contributed by atoms with Gasteiger partial charge in [-0.05, 0) is 31.2 Å². The van der Waals surface area contributed by atoms with Crippen molar-refractivity contribution in [2.75, 3.05) is 13.7 Å². The summed E-state index contributed by atoms with van der Waals surface area (Å²) in [5.74, 6) is -0.0352. The number of esters is 1. The first-order valence-electron chi connectivity index (χ1n) is 6.64. The Morgan fingerprint density at radius 3 is 2.72 bits per heavy atom. The lowest BCUT2D eigenvalue weighted by Crippen LogP contribution is -2.42. The molecule has 3 nitrogen and oxygen atoms in total. The molecule has 0 unspecified atom stereocenters. The van der Waals surface area contributed by atoms with Crippen LogP contribution in [0.2, 0.25) is 0 Å². The molecule has 0 aliphatic carbocycles. The third-order valence-corrected chi connectivity index (χ3v) is 3.68. The molecule has 1 aromatic rings. The Bertz CT molecular complexity index is 369. The fraction of sp³-hybridized carbons (Fsp3) is 0.533. The van der Waals surface area contributed by atoms with Crippen molar-refractivity contribution < 1.29 is 9.53 Å². The van der Waals surface area contributed by atoms with Crippen molar-refractivity contribution in [3.8, 4) is 0 Å². The molecule has 1 heterocycles. The van der Waals surface area contributed by atoms with Crippen LogP contribution in [0.1, 0.15) is 24.8 Å². The summed E-state index contributed by atoms with van der Waals surface area (Å²) in [6, 6.07) is 11.1. The van der Waals surface area contributed by atoms with Crippen LogP contribution in [-0.2, 0) is 16.0 Å². The summed E-state index contributed by atoms with van der Waals surface area (Å²) in [6.07, 6.45) is 4.24. The van der Waals surface area contributed by atoms with Gasteiger partial charge >= 0.3 is 5.97 Å². The number of benzene rings is 1. The summed E-state index contributed by atoms with van der Waals surface area (Å²) in [5, 5.41) is 3.45. The lowest BCUT2D eigenvalue weighted by Gasteiger charge is -2.28. The van der Waals surface area contributed by atoms with Crippen LogP contribution in [-0.4, -0.2) is 25.7 Å². The minimum atomic E-state index is -0.0796. The third-order valence-electron chi connectivity index (χ3n) is 3.68. The number of rotatable bonds is 4. The van der Waals surface area contributed by atoms with Gasteiger partial charge in [-0.1, -0.05) is 30.3 Å². The van der Waals surface area contributed by atoms with Crippen molar-refractivity contribution >= 4 is 5.97 Å². The summed E-state index contributed by atoms with van der Waals surface area (Å²) >= 11 is 0. The van der Waals surface area contributed by atoms with E-state index < -0.39 is 0 Å². The molecule has 1 aliphatic rings. The van der Waals surface area contributed by atoms with Crippen LogP contribution < -0.4 is 5.32 Å². The van der Waals surface area contributed by atoms with Crippen LogP contribution in [0.25, 0.3) is 0 Å². The molecule has 2 rings (SSSR count). The zero-order chi connectivity index (χ0) is 12.8. The second-order valence-corrected chi connectivity index (χ2v) is 4.93. The number of carbonyl (C=O) groups excluding carboxylic acids is 1. The van der Waals surface area contributed by atoms with Crippen LogP contribution in [0, 0.1) is 5.92 Å². The van der Waals surface area contributed by atoms with Crippen molar-refractivity contribution in [3.63, 3.8) is 0 Å². The molecule has 1 aromatic carbocycles. The third kappa shape index (κ3) is 3.57. The average Bonchev–Trinajstić information content (AvgIpc) is 2.46. The topological polar surface area (TPSA) is 38.3 Å². The maximum atomic E-state index is 11.4. The summed E-state index contributed by atoms with van der Waals surface area (Å²) in [5.41, 5.74) is 1.38. The van der Waals surface area contributed by atoms with Crippen molar-refractivity contribution in [2.24, 2.45) is 5.92 Å². The van der Waals surface area contributed by atoms with Gasteiger partial charge in [0.15, 0.2) is 0 Å². The van der Waals surface area contributed by atoms with Crippen LogP contribution in [0.3, 0.4) is 0 Å². The summed E-state index contributed by atoms with van der Waals surface area (Å²) in [6.45, 7) is 0.756. The molecule has 2 atom stereocenters. The van der Waals surface area contributed by atoms with E-state index >= 15 is 0 Å². The van der Waals surface area contributed by atoms with E-state index in [1.54, 1.807) is 0 Å². The van der Waals surface area contributed by atoms with E-state index in [0.29, 0.717) is 6.04 Å². The number of nitrogens with one attached hydrogen (secondary N) is 1. The molecule has 0 saturated carbocycles. The van der Waals surface area contributed by atoms with E-state index in [-0.39, 0.29) is 11.9 Å². The maximum absolute atomic E-state index is 11.4. The van der Waals surface area contributed by atoms with E-state index in [1.165, 1.54) is 12.7 Å². The highest BCUT2D eigenvalue weighted by Crippen LogP contribution is 2.18. The fourth-order valence-electron chi connectivity index (χ4n) is 2.52. The van der Waals surface area contributed by atoms with Crippen LogP contribution in [0.4, 0.5) is 0 Å². The molecule has 1 N–H and O–H groups in total. The van der Waals surface area contributed by atoms with Crippen LogP contribution in [0.5, 0.6) is 0 Å². The van der Waals surface area contributed by atoms with Crippen molar-refractivity contribution in [2.45, 2.75) is 31.7 Å². The van der Waals surface area contributed by atoms with Crippen molar-refractivity contribution in [3.05, 3.63) is 35.9 Å². The number of hydrogen-bond donors (Lipinski definition) is 1. The second-order valence-electron chi connectivity index (χ2n) is 4.93. The number of carbonyl (C=O) groups is 1. The Labute approximate surface area is 109 Å². The lowest BCUT2D eigenvalue weighted by molar-refractivity contribution is -0.146. The van der Waals surface area contributed by atoms with E-state index in [0.717, 1.165) is 32.2 Å². The Morgan fingerprint density at radius 2 is 2.11 bits per heavy atom. The maximum Gasteiger partial charge on any atom is 0.309 e. The minimum Gasteiger partial charge on any atom is -0.469 e. The normalized spacial score (nSPS) is 23.6.